The molecule has 22 heavy (non-hydrogen) atoms. The monoisotopic (exact) mass is 296 g/mol. The molecule has 2 rings (SSSR count). The summed E-state index contributed by atoms with van der Waals surface area (Å²) in [6.45, 7) is 4.06. The van der Waals surface area contributed by atoms with E-state index in [2.05, 4.69) is 16.4 Å². The SMILES string of the molecule is Cc1cc(C)cc(NC(N)=NCc2cc(C#N)ccc2F)c1. The van der Waals surface area contributed by atoms with E-state index in [9.17, 15) is 4.39 Å². The number of guanidine groups is 1. The molecule has 0 amide bonds. The zero-order chi connectivity index (χ0) is 16.1. The van der Waals surface area contributed by atoms with E-state index in [1.54, 1.807) is 0 Å². The summed E-state index contributed by atoms with van der Waals surface area (Å²) in [7, 11) is 0. The van der Waals surface area contributed by atoms with Crippen LogP contribution in [0.15, 0.2) is 41.4 Å². The number of nitriles is 1. The third-order valence-corrected chi connectivity index (χ3v) is 3.09. The lowest BCUT2D eigenvalue weighted by Gasteiger charge is -2.08. The second kappa shape index (κ2) is 6.72. The lowest BCUT2D eigenvalue weighted by Crippen LogP contribution is -2.22. The average molecular weight is 296 g/mol. The fourth-order valence-electron chi connectivity index (χ4n) is 2.17. The molecule has 0 saturated heterocycles. The maximum Gasteiger partial charge on any atom is 0.193 e. The number of halogens is 1. The van der Waals surface area contributed by atoms with E-state index in [4.69, 9.17) is 11.0 Å². The minimum absolute atomic E-state index is 0.0744. The van der Waals surface area contributed by atoms with Gasteiger partial charge in [-0.3, -0.25) is 0 Å². The Morgan fingerprint density at radius 3 is 2.55 bits per heavy atom. The van der Waals surface area contributed by atoms with Crippen molar-refractivity contribution in [3.8, 4) is 6.07 Å². The molecule has 2 aromatic carbocycles. The molecule has 0 saturated carbocycles. The quantitative estimate of drug-likeness (QED) is 0.674. The van der Waals surface area contributed by atoms with Crippen LogP contribution in [0, 0.1) is 31.0 Å². The molecule has 0 fully saturated rings. The van der Waals surface area contributed by atoms with E-state index in [1.807, 2.05) is 32.0 Å². The summed E-state index contributed by atoms with van der Waals surface area (Å²) in [5.41, 5.74) is 9.62. The molecule has 0 unspecified atom stereocenters. The number of benzene rings is 2. The molecule has 2 aromatic rings. The van der Waals surface area contributed by atoms with Crippen molar-refractivity contribution in [3.05, 3.63) is 64.5 Å². The summed E-state index contributed by atoms with van der Waals surface area (Å²) in [4.78, 5) is 4.12. The molecule has 0 aromatic heterocycles. The van der Waals surface area contributed by atoms with Crippen LogP contribution in [-0.4, -0.2) is 5.96 Å². The summed E-state index contributed by atoms with van der Waals surface area (Å²) in [5.74, 6) is -0.200. The van der Waals surface area contributed by atoms with Crippen molar-refractivity contribution >= 4 is 11.6 Å². The highest BCUT2D eigenvalue weighted by molar-refractivity contribution is 5.92. The van der Waals surface area contributed by atoms with Crippen LogP contribution >= 0.6 is 0 Å². The van der Waals surface area contributed by atoms with Crippen molar-refractivity contribution in [1.82, 2.24) is 0 Å². The number of anilines is 1. The van der Waals surface area contributed by atoms with Crippen LogP contribution in [-0.2, 0) is 6.54 Å². The van der Waals surface area contributed by atoms with Gasteiger partial charge >= 0.3 is 0 Å². The number of hydrogen-bond donors (Lipinski definition) is 2. The van der Waals surface area contributed by atoms with Gasteiger partial charge in [-0.15, -0.1) is 0 Å². The molecule has 3 N–H and O–H groups in total. The van der Waals surface area contributed by atoms with Gasteiger partial charge in [-0.2, -0.15) is 5.26 Å². The van der Waals surface area contributed by atoms with E-state index in [-0.39, 0.29) is 12.5 Å². The van der Waals surface area contributed by atoms with Crippen LogP contribution in [0.1, 0.15) is 22.3 Å². The number of hydrogen-bond acceptors (Lipinski definition) is 2. The van der Waals surface area contributed by atoms with Gasteiger partial charge in [0.25, 0.3) is 0 Å². The molecule has 4 nitrogen and oxygen atoms in total. The summed E-state index contributed by atoms with van der Waals surface area (Å²) in [5, 5.41) is 11.8. The molecule has 0 aliphatic carbocycles. The molecule has 0 spiro atoms. The zero-order valence-corrected chi connectivity index (χ0v) is 12.5. The summed E-state index contributed by atoms with van der Waals surface area (Å²) < 4.78 is 13.6. The maximum absolute atomic E-state index is 13.6. The summed E-state index contributed by atoms with van der Waals surface area (Å²) in [6, 6.07) is 12.1. The van der Waals surface area contributed by atoms with Crippen molar-refractivity contribution in [2.45, 2.75) is 20.4 Å². The van der Waals surface area contributed by atoms with Crippen molar-refractivity contribution < 1.29 is 4.39 Å². The number of nitrogens with zero attached hydrogens (tertiary/aromatic N) is 2. The van der Waals surface area contributed by atoms with Crippen LogP contribution in [0.25, 0.3) is 0 Å². The highest BCUT2D eigenvalue weighted by Gasteiger charge is 2.04. The van der Waals surface area contributed by atoms with Gasteiger partial charge in [0.1, 0.15) is 5.82 Å². The van der Waals surface area contributed by atoms with Crippen molar-refractivity contribution in [2.24, 2.45) is 10.7 Å². The van der Waals surface area contributed by atoms with Crippen molar-refractivity contribution in [1.29, 1.82) is 5.26 Å². The zero-order valence-electron chi connectivity index (χ0n) is 12.5. The van der Waals surface area contributed by atoms with Crippen molar-refractivity contribution in [2.75, 3.05) is 5.32 Å². The first-order valence-electron chi connectivity index (χ1n) is 6.81. The largest absolute Gasteiger partial charge is 0.370 e. The third-order valence-electron chi connectivity index (χ3n) is 3.09. The fourth-order valence-corrected chi connectivity index (χ4v) is 2.17. The highest BCUT2D eigenvalue weighted by Crippen LogP contribution is 2.14. The van der Waals surface area contributed by atoms with Crippen LogP contribution in [0.3, 0.4) is 0 Å². The van der Waals surface area contributed by atoms with Gasteiger partial charge in [-0.05, 0) is 55.3 Å². The average Bonchev–Trinajstić information content (AvgIpc) is 2.45. The van der Waals surface area contributed by atoms with E-state index in [0.29, 0.717) is 11.1 Å². The van der Waals surface area contributed by atoms with E-state index in [0.717, 1.165) is 16.8 Å². The Bertz CT molecular complexity index is 739. The molecule has 0 aliphatic rings. The first kappa shape index (κ1) is 15.5. The summed E-state index contributed by atoms with van der Waals surface area (Å²) in [6.07, 6.45) is 0. The number of nitrogens with one attached hydrogen (secondary N) is 1. The number of nitrogens with two attached hydrogens (primary N) is 1. The van der Waals surface area contributed by atoms with Crippen LogP contribution in [0.5, 0.6) is 0 Å². The normalized spacial score (nSPS) is 11.1. The molecule has 0 bridgehead atoms. The predicted octanol–water partition coefficient (Wildman–Crippen LogP) is 3.24. The fraction of sp³-hybridized carbons (Fsp3) is 0.176. The van der Waals surface area contributed by atoms with Gasteiger partial charge in [0.15, 0.2) is 5.96 Å². The first-order chi connectivity index (χ1) is 10.5. The molecule has 0 heterocycles. The first-order valence-corrected chi connectivity index (χ1v) is 6.81. The van der Waals surface area contributed by atoms with Gasteiger partial charge in [0, 0.05) is 11.3 Å². The Morgan fingerprint density at radius 1 is 1.23 bits per heavy atom. The molecular weight excluding hydrogens is 279 g/mol. The minimum atomic E-state index is -0.401. The molecule has 0 aliphatic heterocycles. The summed E-state index contributed by atoms with van der Waals surface area (Å²) >= 11 is 0. The van der Waals surface area contributed by atoms with Gasteiger partial charge < -0.3 is 11.1 Å². The Balaban J connectivity index is 2.11. The smallest absolute Gasteiger partial charge is 0.193 e. The minimum Gasteiger partial charge on any atom is -0.370 e. The van der Waals surface area contributed by atoms with E-state index < -0.39 is 5.82 Å². The molecule has 112 valence electrons. The number of rotatable bonds is 3. The Labute approximate surface area is 129 Å². The van der Waals surface area contributed by atoms with Gasteiger partial charge in [-0.25, -0.2) is 9.38 Å². The predicted molar refractivity (Wildman–Crippen MR) is 86.0 cm³/mol. The second-order valence-corrected chi connectivity index (χ2v) is 5.12. The van der Waals surface area contributed by atoms with Gasteiger partial charge in [-0.1, -0.05) is 6.07 Å². The van der Waals surface area contributed by atoms with Crippen LogP contribution in [0.4, 0.5) is 10.1 Å². The number of aliphatic imine (C=N–C) groups is 1. The lowest BCUT2D eigenvalue weighted by molar-refractivity contribution is 0.610. The van der Waals surface area contributed by atoms with E-state index >= 15 is 0 Å². The molecular formula is C17H17FN4. The third kappa shape index (κ3) is 4.06. The molecule has 0 atom stereocenters. The lowest BCUT2D eigenvalue weighted by atomic mass is 10.1. The van der Waals surface area contributed by atoms with Gasteiger partial charge in [0.05, 0.1) is 18.2 Å². The Hall–Kier alpha value is -2.87. The van der Waals surface area contributed by atoms with Gasteiger partial charge in [0.2, 0.25) is 0 Å². The maximum atomic E-state index is 13.6. The highest BCUT2D eigenvalue weighted by atomic mass is 19.1. The Kier molecular flexibility index (Phi) is 4.74. The van der Waals surface area contributed by atoms with Crippen molar-refractivity contribution in [3.63, 3.8) is 0 Å². The topological polar surface area (TPSA) is 74.2 Å². The van der Waals surface area contributed by atoms with Crippen LogP contribution in [0.2, 0.25) is 0 Å². The second-order valence-electron chi connectivity index (χ2n) is 5.12. The number of aryl methyl sites for hydroxylation is 2. The van der Waals surface area contributed by atoms with E-state index in [1.165, 1.54) is 18.2 Å². The van der Waals surface area contributed by atoms with Crippen LogP contribution < -0.4 is 11.1 Å². The molecule has 0 radical (unpaired) electrons. The molecule has 5 heteroatoms. The Morgan fingerprint density at radius 2 is 1.91 bits per heavy atom. The standard InChI is InChI=1S/C17H17FN4/c1-11-5-12(2)7-15(6-11)22-17(20)21-10-14-8-13(9-19)3-4-16(14)18/h3-8H,10H2,1-2H3,(H3,20,21,22).